The summed E-state index contributed by atoms with van der Waals surface area (Å²) < 4.78 is 10.8. The van der Waals surface area contributed by atoms with E-state index < -0.39 is 0 Å². The maximum atomic E-state index is 11.2. The zero-order valence-electron chi connectivity index (χ0n) is 9.76. The summed E-state index contributed by atoms with van der Waals surface area (Å²) in [5, 5.41) is 0. The van der Waals surface area contributed by atoms with Gasteiger partial charge in [-0.2, -0.15) is 0 Å². The van der Waals surface area contributed by atoms with Crippen LogP contribution in [0, 0.1) is 0 Å². The fraction of sp³-hybridized carbons (Fsp3) is 0.308. The van der Waals surface area contributed by atoms with Gasteiger partial charge < -0.3 is 14.4 Å². The summed E-state index contributed by atoms with van der Waals surface area (Å²) in [5.41, 5.74) is 0. The first kappa shape index (κ1) is 11.5. The molecule has 2 rings (SSSR count). The molecule has 0 atom stereocenters. The molecule has 1 aromatic carbocycles. The van der Waals surface area contributed by atoms with Crippen molar-refractivity contribution in [3.63, 3.8) is 0 Å². The van der Waals surface area contributed by atoms with Crippen LogP contribution in [-0.2, 0) is 4.79 Å². The minimum atomic E-state index is -0.0458. The number of hydrogen-bond acceptors (Lipinski definition) is 3. The van der Waals surface area contributed by atoms with E-state index in [9.17, 15) is 4.79 Å². The number of rotatable bonds is 4. The molecule has 0 radical (unpaired) electrons. The summed E-state index contributed by atoms with van der Waals surface area (Å²) >= 11 is 0. The van der Waals surface area contributed by atoms with Crippen molar-refractivity contribution in [1.29, 1.82) is 0 Å². The molecule has 0 saturated carbocycles. The predicted molar refractivity (Wildman–Crippen MR) is 64.2 cm³/mol. The molecule has 1 heterocycles. The molecule has 1 fully saturated rings. The number of methoxy groups -OCH3 is 1. The molecule has 0 spiro atoms. The first-order valence-corrected chi connectivity index (χ1v) is 5.45. The van der Waals surface area contributed by atoms with Crippen LogP contribution in [0.15, 0.2) is 36.9 Å². The smallest absolute Gasteiger partial charge is 0.246 e. The van der Waals surface area contributed by atoms with Gasteiger partial charge in [0.25, 0.3) is 0 Å². The maximum Gasteiger partial charge on any atom is 0.246 e. The lowest BCUT2D eigenvalue weighted by molar-refractivity contribution is -0.134. The summed E-state index contributed by atoms with van der Waals surface area (Å²) in [6, 6.07) is 7.44. The molecule has 0 aliphatic carbocycles. The number of carbonyl (C=O) groups excluding carboxylic acids is 1. The Hall–Kier alpha value is -1.97. The second-order valence-corrected chi connectivity index (χ2v) is 3.87. The zero-order chi connectivity index (χ0) is 12.3. The number of carbonyl (C=O) groups is 1. The lowest BCUT2D eigenvalue weighted by Crippen LogP contribution is -2.55. The van der Waals surface area contributed by atoms with E-state index >= 15 is 0 Å². The van der Waals surface area contributed by atoms with Crippen molar-refractivity contribution in [3.05, 3.63) is 36.9 Å². The summed E-state index contributed by atoms with van der Waals surface area (Å²) in [4.78, 5) is 12.9. The second kappa shape index (κ2) is 4.91. The van der Waals surface area contributed by atoms with Gasteiger partial charge in [0.1, 0.15) is 17.6 Å². The van der Waals surface area contributed by atoms with Crippen molar-refractivity contribution in [3.8, 4) is 11.5 Å². The summed E-state index contributed by atoms with van der Waals surface area (Å²) in [6.07, 6.45) is 1.38. The summed E-state index contributed by atoms with van der Waals surface area (Å²) in [5.74, 6) is 1.48. The molecule has 0 aromatic heterocycles. The van der Waals surface area contributed by atoms with Crippen LogP contribution in [0.25, 0.3) is 0 Å². The Balaban J connectivity index is 1.87. The van der Waals surface area contributed by atoms with Crippen molar-refractivity contribution in [2.45, 2.75) is 6.10 Å². The Morgan fingerprint density at radius 3 is 2.82 bits per heavy atom. The molecule has 17 heavy (non-hydrogen) atoms. The van der Waals surface area contributed by atoms with Gasteiger partial charge in [0.05, 0.1) is 20.2 Å². The topological polar surface area (TPSA) is 38.8 Å². The number of benzene rings is 1. The Morgan fingerprint density at radius 2 is 2.18 bits per heavy atom. The molecular formula is C13H15NO3. The van der Waals surface area contributed by atoms with Crippen LogP contribution in [0.4, 0.5) is 0 Å². The number of ether oxygens (including phenoxy) is 2. The van der Waals surface area contributed by atoms with Crippen molar-refractivity contribution in [2.75, 3.05) is 20.2 Å². The lowest BCUT2D eigenvalue weighted by atomic mass is 10.1. The molecule has 4 heteroatoms. The fourth-order valence-corrected chi connectivity index (χ4v) is 1.69. The second-order valence-electron chi connectivity index (χ2n) is 3.87. The minimum absolute atomic E-state index is 0.0458. The highest BCUT2D eigenvalue weighted by atomic mass is 16.5. The van der Waals surface area contributed by atoms with Gasteiger partial charge in [0, 0.05) is 6.07 Å². The van der Waals surface area contributed by atoms with Gasteiger partial charge >= 0.3 is 0 Å². The molecule has 4 nitrogen and oxygen atoms in total. The Labute approximate surface area is 100 Å². The number of hydrogen-bond donors (Lipinski definition) is 0. The fourth-order valence-electron chi connectivity index (χ4n) is 1.69. The molecule has 90 valence electrons. The molecule has 1 amide bonds. The Bertz CT molecular complexity index is 424. The normalized spacial score (nSPS) is 15.0. The van der Waals surface area contributed by atoms with Gasteiger partial charge in [-0.25, -0.2) is 0 Å². The van der Waals surface area contributed by atoms with Crippen LogP contribution < -0.4 is 9.47 Å². The van der Waals surface area contributed by atoms with Crippen LogP contribution in [0.3, 0.4) is 0 Å². The standard InChI is InChI=1S/C13H15NO3/c1-3-13(15)14-8-12(9-14)17-11-6-4-5-10(7-11)16-2/h3-7,12H,1,8-9H2,2H3. The monoisotopic (exact) mass is 233 g/mol. The number of nitrogens with zero attached hydrogens (tertiary/aromatic N) is 1. The molecular weight excluding hydrogens is 218 g/mol. The first-order valence-electron chi connectivity index (χ1n) is 5.45. The van der Waals surface area contributed by atoms with Crippen molar-refractivity contribution in [1.82, 2.24) is 4.90 Å². The van der Waals surface area contributed by atoms with Crippen LogP contribution >= 0.6 is 0 Å². The average Bonchev–Trinajstić information content (AvgIpc) is 2.32. The van der Waals surface area contributed by atoms with Crippen molar-refractivity contribution < 1.29 is 14.3 Å². The summed E-state index contributed by atoms with van der Waals surface area (Å²) in [6.45, 7) is 4.67. The van der Waals surface area contributed by atoms with Gasteiger partial charge in [0.2, 0.25) is 5.91 Å². The molecule has 0 N–H and O–H groups in total. The van der Waals surface area contributed by atoms with Gasteiger partial charge in [-0.1, -0.05) is 12.6 Å². The Kier molecular flexibility index (Phi) is 3.32. The van der Waals surface area contributed by atoms with Crippen LogP contribution in [0.5, 0.6) is 11.5 Å². The van der Waals surface area contributed by atoms with E-state index in [0.29, 0.717) is 13.1 Å². The van der Waals surface area contributed by atoms with E-state index in [4.69, 9.17) is 9.47 Å². The van der Waals surface area contributed by atoms with Gasteiger partial charge in [0.15, 0.2) is 0 Å². The predicted octanol–water partition coefficient (Wildman–Crippen LogP) is 1.47. The molecule has 0 bridgehead atoms. The highest BCUT2D eigenvalue weighted by molar-refractivity contribution is 5.87. The SMILES string of the molecule is C=CC(=O)N1CC(Oc2cccc(OC)c2)C1. The highest BCUT2D eigenvalue weighted by Gasteiger charge is 2.30. The van der Waals surface area contributed by atoms with Crippen molar-refractivity contribution in [2.24, 2.45) is 0 Å². The van der Waals surface area contributed by atoms with Crippen LogP contribution in [-0.4, -0.2) is 37.1 Å². The molecule has 1 aliphatic rings. The number of amides is 1. The van der Waals surface area contributed by atoms with Gasteiger partial charge in [-0.15, -0.1) is 0 Å². The van der Waals surface area contributed by atoms with E-state index in [0.717, 1.165) is 11.5 Å². The molecule has 1 saturated heterocycles. The zero-order valence-corrected chi connectivity index (χ0v) is 9.76. The van der Waals surface area contributed by atoms with E-state index in [1.54, 1.807) is 12.0 Å². The molecule has 1 aliphatic heterocycles. The molecule has 0 unspecified atom stereocenters. The third-order valence-corrected chi connectivity index (χ3v) is 2.68. The maximum absolute atomic E-state index is 11.2. The Morgan fingerprint density at radius 1 is 1.47 bits per heavy atom. The number of likely N-dealkylation sites (tertiary alicyclic amines) is 1. The summed E-state index contributed by atoms with van der Waals surface area (Å²) in [7, 11) is 1.62. The average molecular weight is 233 g/mol. The van der Waals surface area contributed by atoms with Crippen LogP contribution in [0.1, 0.15) is 0 Å². The third kappa shape index (κ3) is 2.58. The first-order chi connectivity index (χ1) is 8.22. The van der Waals surface area contributed by atoms with Crippen LogP contribution in [0.2, 0.25) is 0 Å². The largest absolute Gasteiger partial charge is 0.497 e. The van der Waals surface area contributed by atoms with E-state index in [1.165, 1.54) is 6.08 Å². The lowest BCUT2D eigenvalue weighted by Gasteiger charge is -2.38. The quantitative estimate of drug-likeness (QED) is 0.739. The van der Waals surface area contributed by atoms with Crippen molar-refractivity contribution >= 4 is 5.91 Å². The van der Waals surface area contributed by atoms with Gasteiger partial charge in [-0.05, 0) is 18.2 Å². The highest BCUT2D eigenvalue weighted by Crippen LogP contribution is 2.22. The molecule has 1 aromatic rings. The van der Waals surface area contributed by atoms with E-state index in [1.807, 2.05) is 24.3 Å². The van der Waals surface area contributed by atoms with E-state index in [2.05, 4.69) is 6.58 Å². The minimum Gasteiger partial charge on any atom is -0.497 e. The van der Waals surface area contributed by atoms with Gasteiger partial charge in [-0.3, -0.25) is 4.79 Å². The van der Waals surface area contributed by atoms with E-state index in [-0.39, 0.29) is 12.0 Å². The third-order valence-electron chi connectivity index (χ3n) is 2.68.